The largest absolute Gasteiger partial charge is 0.492 e. The van der Waals surface area contributed by atoms with Crippen molar-refractivity contribution < 1.29 is 9.47 Å². The molecule has 0 aromatic rings. The normalized spacial score (nSPS) is 44.6. The molecular weight excluding hydrogens is 92.1 g/mol. The van der Waals surface area contributed by atoms with Gasteiger partial charge in [0.2, 0.25) is 0 Å². The minimum Gasteiger partial charge on any atom is -0.492 e. The van der Waals surface area contributed by atoms with Gasteiger partial charge in [0.25, 0.3) is 12.2 Å². The molecule has 2 atom stereocenters. The molecule has 38 valence electrons. The Balaban J connectivity index is 2.14. The number of epoxide rings is 1. The Morgan fingerprint density at radius 2 is 2.71 bits per heavy atom. The summed E-state index contributed by atoms with van der Waals surface area (Å²) in [6, 6.07) is 0. The Kier molecular flexibility index (Phi) is 0.504. The summed E-state index contributed by atoms with van der Waals surface area (Å²) in [6.45, 7) is 0.807. The maximum absolute atomic E-state index is 4.95. The van der Waals surface area contributed by atoms with Crippen LogP contribution in [0.3, 0.4) is 0 Å². The van der Waals surface area contributed by atoms with Crippen molar-refractivity contribution in [3.8, 4) is 0 Å². The smallest absolute Gasteiger partial charge is 0.266 e. The molecule has 2 nitrogen and oxygen atoms in total. The molecule has 2 heterocycles. The molecule has 0 radical (unpaired) electrons. The van der Waals surface area contributed by atoms with E-state index < -0.39 is 0 Å². The molecule has 0 saturated carbocycles. The minimum absolute atomic E-state index is 0.519. The molecule has 2 aliphatic rings. The molecule has 2 heteroatoms. The van der Waals surface area contributed by atoms with Crippen LogP contribution in [0.15, 0.2) is 12.3 Å². The fourth-order valence-electron chi connectivity index (χ4n) is 0.781. The predicted molar refractivity (Wildman–Crippen MR) is 24.9 cm³/mol. The number of fused-ring (bicyclic) bond motifs is 1. The van der Waals surface area contributed by atoms with Gasteiger partial charge in [-0.2, -0.15) is 0 Å². The highest BCUT2D eigenvalue weighted by Crippen LogP contribution is 2.22. The summed E-state index contributed by atoms with van der Waals surface area (Å²) in [6.07, 6.45) is 4.77. The van der Waals surface area contributed by atoms with Gasteiger partial charge in [0.05, 0.1) is 6.26 Å². The van der Waals surface area contributed by atoms with E-state index in [9.17, 15) is 0 Å². The van der Waals surface area contributed by atoms with E-state index in [2.05, 4.69) is 4.74 Å². The van der Waals surface area contributed by atoms with Crippen LogP contribution in [0.2, 0.25) is 0 Å². The maximum Gasteiger partial charge on any atom is 0.266 e. The molecule has 0 amide bonds. The first kappa shape index (κ1) is 3.50. The average molecular weight is 99.1 g/mol. The van der Waals surface area contributed by atoms with Gasteiger partial charge in [-0.25, -0.2) is 0 Å². The van der Waals surface area contributed by atoms with Crippen LogP contribution < -0.4 is 0 Å². The predicted octanol–water partition coefficient (Wildman–Crippen LogP) is -0.191. The van der Waals surface area contributed by atoms with Crippen molar-refractivity contribution in [2.75, 3.05) is 6.61 Å². The second kappa shape index (κ2) is 1.01. The highest BCUT2D eigenvalue weighted by atomic mass is 16.6. The van der Waals surface area contributed by atoms with E-state index in [0.717, 1.165) is 6.61 Å². The van der Waals surface area contributed by atoms with E-state index in [4.69, 9.17) is 4.74 Å². The summed E-state index contributed by atoms with van der Waals surface area (Å²) in [5, 5.41) is 0. The van der Waals surface area contributed by atoms with Crippen LogP contribution in [0.4, 0.5) is 0 Å². The fourth-order valence-corrected chi connectivity index (χ4v) is 0.781. The van der Waals surface area contributed by atoms with Gasteiger partial charge < -0.3 is 9.47 Å². The average Bonchev–Trinajstić information content (AvgIpc) is 2.41. The summed E-state index contributed by atoms with van der Waals surface area (Å²) in [7, 11) is 0. The van der Waals surface area contributed by atoms with Gasteiger partial charge in [0.1, 0.15) is 0 Å². The number of aliphatic hydroxyl groups is 2. The van der Waals surface area contributed by atoms with Crippen LogP contribution in [-0.4, -0.2) is 23.6 Å². The summed E-state index contributed by atoms with van der Waals surface area (Å²) in [5.41, 5.74) is 0. The van der Waals surface area contributed by atoms with Crippen LogP contribution in [0.25, 0.3) is 0 Å². The Hall–Kier alpha value is -0.500. The van der Waals surface area contributed by atoms with Crippen LogP contribution >= 0.6 is 0 Å². The third-order valence-electron chi connectivity index (χ3n) is 1.31. The quantitative estimate of drug-likeness (QED) is 0.305. The lowest BCUT2D eigenvalue weighted by Gasteiger charge is -1.92. The SMILES string of the molecule is C1=CC2[OH+]C2CO1. The lowest BCUT2D eigenvalue weighted by atomic mass is 10.3. The molecule has 7 heavy (non-hydrogen) atoms. The molecule has 1 saturated heterocycles. The summed E-state index contributed by atoms with van der Waals surface area (Å²) >= 11 is 0. The molecule has 2 aliphatic heterocycles. The van der Waals surface area contributed by atoms with Crippen molar-refractivity contribution in [3.63, 3.8) is 0 Å². The Labute approximate surface area is 41.7 Å². The molecule has 0 bridgehead atoms. The molecule has 1 N–H and O–H groups in total. The van der Waals surface area contributed by atoms with Crippen molar-refractivity contribution in [2.45, 2.75) is 12.2 Å². The number of ether oxygens (including phenoxy) is 2. The topological polar surface area (TPSA) is 22.0 Å². The van der Waals surface area contributed by atoms with E-state index >= 15 is 0 Å². The van der Waals surface area contributed by atoms with E-state index in [1.165, 1.54) is 0 Å². The molecule has 2 rings (SSSR count). The van der Waals surface area contributed by atoms with Crippen molar-refractivity contribution in [2.24, 2.45) is 0 Å². The first-order chi connectivity index (χ1) is 3.47. The fraction of sp³-hybridized carbons (Fsp3) is 0.600. The molecular formula is C5H7O2+. The number of hydrogen-bond donors (Lipinski definition) is 0. The van der Waals surface area contributed by atoms with Gasteiger partial charge in [-0.1, -0.05) is 0 Å². The van der Waals surface area contributed by atoms with E-state index in [1.807, 2.05) is 6.08 Å². The summed E-state index contributed by atoms with van der Waals surface area (Å²) < 4.78 is 9.09. The standard InChI is InChI=1S/C5H6O2/c1-2-6-3-5-4(1)7-5/h1-2,4-5H,3H2/p+1. The van der Waals surface area contributed by atoms with E-state index in [-0.39, 0.29) is 0 Å². The third-order valence-corrected chi connectivity index (χ3v) is 1.31. The third kappa shape index (κ3) is 0.431. The van der Waals surface area contributed by atoms with Crippen molar-refractivity contribution in [1.29, 1.82) is 0 Å². The van der Waals surface area contributed by atoms with Crippen LogP contribution in [-0.2, 0) is 4.74 Å². The van der Waals surface area contributed by atoms with Gasteiger partial charge >= 0.3 is 0 Å². The Morgan fingerprint density at radius 1 is 1.71 bits per heavy atom. The zero-order chi connectivity index (χ0) is 4.69. The van der Waals surface area contributed by atoms with Crippen molar-refractivity contribution in [3.05, 3.63) is 12.3 Å². The van der Waals surface area contributed by atoms with E-state index in [1.54, 1.807) is 6.26 Å². The molecule has 1 fully saturated rings. The highest BCUT2D eigenvalue weighted by Gasteiger charge is 2.48. The van der Waals surface area contributed by atoms with Crippen molar-refractivity contribution >= 4 is 0 Å². The van der Waals surface area contributed by atoms with Crippen LogP contribution in [0.5, 0.6) is 0 Å². The lowest BCUT2D eigenvalue weighted by molar-refractivity contribution is 0.140. The molecule has 0 aromatic carbocycles. The number of hydrogen-bond acceptors (Lipinski definition) is 1. The second-order valence-electron chi connectivity index (χ2n) is 1.87. The van der Waals surface area contributed by atoms with Gasteiger partial charge in [-0.05, 0) is 0 Å². The Morgan fingerprint density at radius 3 is 3.29 bits per heavy atom. The first-order valence-corrected chi connectivity index (χ1v) is 2.45. The van der Waals surface area contributed by atoms with Gasteiger partial charge in [-0.15, -0.1) is 0 Å². The first-order valence-electron chi connectivity index (χ1n) is 2.45. The Bertz CT molecular complexity index is 109. The second-order valence-corrected chi connectivity index (χ2v) is 1.87. The minimum atomic E-state index is 0.519. The number of rotatable bonds is 0. The summed E-state index contributed by atoms with van der Waals surface area (Å²) in [4.78, 5) is 0. The zero-order valence-corrected chi connectivity index (χ0v) is 3.87. The molecule has 2 unspecified atom stereocenters. The van der Waals surface area contributed by atoms with Crippen LogP contribution in [0.1, 0.15) is 0 Å². The van der Waals surface area contributed by atoms with E-state index in [0.29, 0.717) is 12.2 Å². The van der Waals surface area contributed by atoms with Crippen molar-refractivity contribution in [1.82, 2.24) is 0 Å². The highest BCUT2D eigenvalue weighted by molar-refractivity contribution is 5.01. The van der Waals surface area contributed by atoms with Gasteiger partial charge in [-0.3, -0.25) is 0 Å². The van der Waals surface area contributed by atoms with Gasteiger partial charge in [0.15, 0.2) is 6.61 Å². The zero-order valence-electron chi connectivity index (χ0n) is 3.87. The van der Waals surface area contributed by atoms with Crippen LogP contribution in [0, 0.1) is 0 Å². The van der Waals surface area contributed by atoms with Gasteiger partial charge in [0, 0.05) is 6.08 Å². The monoisotopic (exact) mass is 99.0 g/mol. The summed E-state index contributed by atoms with van der Waals surface area (Å²) in [5.74, 6) is 0. The molecule has 0 aliphatic carbocycles. The lowest BCUT2D eigenvalue weighted by Crippen LogP contribution is -2.03. The molecule has 0 aromatic heterocycles. The maximum atomic E-state index is 4.95. The molecule has 0 spiro atoms.